The van der Waals surface area contributed by atoms with Crippen molar-refractivity contribution >= 4 is 23.6 Å². The Hall–Kier alpha value is -0.710. The number of nitrogens with zero attached hydrogens (tertiary/aromatic N) is 1. The van der Waals surface area contributed by atoms with Crippen molar-refractivity contribution in [3.63, 3.8) is 0 Å². The Labute approximate surface area is 119 Å². The van der Waals surface area contributed by atoms with Gasteiger partial charge in [0.1, 0.15) is 11.6 Å². The van der Waals surface area contributed by atoms with Crippen LogP contribution in [0.3, 0.4) is 0 Å². The highest BCUT2D eigenvalue weighted by Crippen LogP contribution is 2.34. The van der Waals surface area contributed by atoms with E-state index in [4.69, 9.17) is 0 Å². The summed E-state index contributed by atoms with van der Waals surface area (Å²) in [5.74, 6) is 0.0283. The number of rotatable bonds is 2. The molecule has 2 rings (SSSR count). The van der Waals surface area contributed by atoms with Gasteiger partial charge in [0.25, 0.3) is 0 Å². The van der Waals surface area contributed by atoms with Crippen LogP contribution in [-0.4, -0.2) is 45.8 Å². The van der Waals surface area contributed by atoms with Crippen LogP contribution < -0.4 is 5.32 Å². The number of carbonyl (C=O) groups excluding carboxylic acids is 2. The van der Waals surface area contributed by atoms with Gasteiger partial charge in [0.15, 0.2) is 0 Å². The van der Waals surface area contributed by atoms with Gasteiger partial charge in [-0.15, -0.1) is 0 Å². The van der Waals surface area contributed by atoms with Gasteiger partial charge in [-0.2, -0.15) is 11.8 Å². The molecule has 0 bridgehead atoms. The van der Waals surface area contributed by atoms with Crippen molar-refractivity contribution in [3.8, 4) is 0 Å². The lowest BCUT2D eigenvalue weighted by Gasteiger charge is -2.48. The molecular formula is C14H24N2O2S. The molecule has 2 amide bonds. The van der Waals surface area contributed by atoms with Gasteiger partial charge in [0.2, 0.25) is 11.8 Å². The molecule has 4 nitrogen and oxygen atoms in total. The Morgan fingerprint density at radius 3 is 2.53 bits per heavy atom. The molecule has 0 aromatic carbocycles. The number of thioether (sulfide) groups is 1. The third-order valence-electron chi connectivity index (χ3n) is 4.33. The Morgan fingerprint density at radius 1 is 1.26 bits per heavy atom. The monoisotopic (exact) mass is 284 g/mol. The normalized spacial score (nSPS) is 35.2. The first-order chi connectivity index (χ1) is 8.88. The summed E-state index contributed by atoms with van der Waals surface area (Å²) in [6.45, 7) is 5.43. The maximum atomic E-state index is 12.7. The minimum Gasteiger partial charge on any atom is -0.340 e. The molecular weight excluding hydrogens is 260 g/mol. The highest BCUT2D eigenvalue weighted by molar-refractivity contribution is 7.99. The molecule has 2 aliphatic rings. The first kappa shape index (κ1) is 14.7. The van der Waals surface area contributed by atoms with Crippen molar-refractivity contribution in [3.05, 3.63) is 0 Å². The third kappa shape index (κ3) is 2.62. The molecule has 2 fully saturated rings. The number of piperazine rings is 1. The van der Waals surface area contributed by atoms with Crippen LogP contribution >= 0.6 is 11.8 Å². The van der Waals surface area contributed by atoms with Crippen molar-refractivity contribution in [2.75, 3.05) is 6.26 Å². The van der Waals surface area contributed by atoms with E-state index in [2.05, 4.69) is 11.6 Å². The second kappa shape index (κ2) is 5.35. The van der Waals surface area contributed by atoms with E-state index in [1.165, 1.54) is 6.42 Å². The molecule has 0 radical (unpaired) electrons. The molecule has 3 unspecified atom stereocenters. The summed E-state index contributed by atoms with van der Waals surface area (Å²) in [5, 5.41) is 3.28. The summed E-state index contributed by atoms with van der Waals surface area (Å²) in [5.41, 5.74) is -0.774. The molecule has 1 aliphatic carbocycles. The van der Waals surface area contributed by atoms with Crippen molar-refractivity contribution in [2.24, 2.45) is 0 Å². The molecule has 108 valence electrons. The van der Waals surface area contributed by atoms with Crippen LogP contribution in [-0.2, 0) is 9.59 Å². The predicted molar refractivity (Wildman–Crippen MR) is 78.1 cm³/mol. The zero-order valence-electron chi connectivity index (χ0n) is 12.2. The smallest absolute Gasteiger partial charge is 0.248 e. The summed E-state index contributed by atoms with van der Waals surface area (Å²) >= 11 is 1.83. The van der Waals surface area contributed by atoms with Gasteiger partial charge in [-0.3, -0.25) is 9.59 Å². The van der Waals surface area contributed by atoms with Crippen molar-refractivity contribution in [1.29, 1.82) is 0 Å². The van der Waals surface area contributed by atoms with Crippen molar-refractivity contribution in [2.45, 2.75) is 69.3 Å². The van der Waals surface area contributed by atoms with Crippen molar-refractivity contribution < 1.29 is 9.59 Å². The van der Waals surface area contributed by atoms with Gasteiger partial charge in [0.05, 0.1) is 0 Å². The Balaban J connectivity index is 2.28. The molecule has 3 atom stereocenters. The lowest BCUT2D eigenvalue weighted by Crippen LogP contribution is -2.70. The molecule has 1 saturated heterocycles. The molecule has 1 aliphatic heterocycles. The molecule has 0 aromatic rings. The topological polar surface area (TPSA) is 49.4 Å². The van der Waals surface area contributed by atoms with E-state index in [0.717, 1.165) is 19.3 Å². The van der Waals surface area contributed by atoms with E-state index in [1.54, 1.807) is 13.8 Å². The first-order valence-corrected chi connectivity index (χ1v) is 8.35. The van der Waals surface area contributed by atoms with Gasteiger partial charge >= 0.3 is 0 Å². The SMILES string of the molecule is CSC1CCCCC1N1C(=O)C(C)(C)NC(=O)C1C. The number of amides is 2. The Morgan fingerprint density at radius 2 is 1.89 bits per heavy atom. The lowest BCUT2D eigenvalue weighted by molar-refractivity contribution is -0.156. The van der Waals surface area contributed by atoms with Crippen LogP contribution in [0.2, 0.25) is 0 Å². The highest BCUT2D eigenvalue weighted by Gasteiger charge is 2.47. The molecule has 0 spiro atoms. The highest BCUT2D eigenvalue weighted by atomic mass is 32.2. The second-order valence-electron chi connectivity index (χ2n) is 6.13. The summed E-state index contributed by atoms with van der Waals surface area (Å²) in [6, 6.07) is -0.144. The summed E-state index contributed by atoms with van der Waals surface area (Å²) in [6.07, 6.45) is 6.65. The van der Waals surface area contributed by atoms with Gasteiger partial charge in [-0.25, -0.2) is 0 Å². The van der Waals surface area contributed by atoms with E-state index < -0.39 is 5.54 Å². The molecule has 5 heteroatoms. The predicted octanol–water partition coefficient (Wildman–Crippen LogP) is 1.79. The fourth-order valence-electron chi connectivity index (χ4n) is 3.20. The molecule has 0 aromatic heterocycles. The van der Waals surface area contributed by atoms with Crippen molar-refractivity contribution in [1.82, 2.24) is 10.2 Å². The average Bonchev–Trinajstić information content (AvgIpc) is 2.37. The van der Waals surface area contributed by atoms with Gasteiger partial charge in [-0.1, -0.05) is 12.8 Å². The van der Waals surface area contributed by atoms with Crippen LogP contribution in [0.25, 0.3) is 0 Å². The Bertz CT molecular complexity index is 384. The van der Waals surface area contributed by atoms with Crippen LogP contribution in [0, 0.1) is 0 Å². The van der Waals surface area contributed by atoms with Gasteiger partial charge < -0.3 is 10.2 Å². The fraction of sp³-hybridized carbons (Fsp3) is 0.857. The number of carbonyl (C=O) groups is 2. The lowest BCUT2D eigenvalue weighted by atomic mass is 9.88. The van der Waals surface area contributed by atoms with E-state index >= 15 is 0 Å². The molecule has 1 saturated carbocycles. The molecule has 19 heavy (non-hydrogen) atoms. The minimum absolute atomic E-state index is 0.0324. The Kier molecular flexibility index (Phi) is 4.14. The number of hydrogen-bond donors (Lipinski definition) is 1. The van der Waals surface area contributed by atoms with Gasteiger partial charge in [0, 0.05) is 11.3 Å². The minimum atomic E-state index is -0.774. The summed E-state index contributed by atoms with van der Waals surface area (Å²) in [4.78, 5) is 26.6. The van der Waals surface area contributed by atoms with Crippen LogP contribution in [0.5, 0.6) is 0 Å². The van der Waals surface area contributed by atoms with Crippen LogP contribution in [0.1, 0.15) is 46.5 Å². The second-order valence-corrected chi connectivity index (χ2v) is 7.21. The van der Waals surface area contributed by atoms with Crippen LogP contribution in [0.4, 0.5) is 0 Å². The quantitative estimate of drug-likeness (QED) is 0.841. The molecule has 1 heterocycles. The van der Waals surface area contributed by atoms with E-state index in [1.807, 2.05) is 23.6 Å². The third-order valence-corrected chi connectivity index (χ3v) is 5.48. The standard InChI is InChI=1S/C14H24N2O2S/c1-9-12(17)15-14(2,3)13(18)16(9)10-7-5-6-8-11(10)19-4/h9-11H,5-8H2,1-4H3,(H,15,17). The average molecular weight is 284 g/mol. The van der Waals surface area contributed by atoms with E-state index in [9.17, 15) is 9.59 Å². The van der Waals surface area contributed by atoms with E-state index in [0.29, 0.717) is 5.25 Å². The maximum absolute atomic E-state index is 12.7. The molecule has 1 N–H and O–H groups in total. The number of hydrogen-bond acceptors (Lipinski definition) is 3. The zero-order chi connectivity index (χ0) is 14.2. The van der Waals surface area contributed by atoms with E-state index in [-0.39, 0.29) is 23.9 Å². The fourth-order valence-corrected chi connectivity index (χ4v) is 4.18. The van der Waals surface area contributed by atoms with Gasteiger partial charge in [-0.05, 0) is 39.9 Å². The number of nitrogens with one attached hydrogen (secondary N) is 1. The first-order valence-electron chi connectivity index (χ1n) is 7.06. The summed E-state index contributed by atoms with van der Waals surface area (Å²) < 4.78 is 0. The van der Waals surface area contributed by atoms with Crippen LogP contribution in [0.15, 0.2) is 0 Å². The maximum Gasteiger partial charge on any atom is 0.248 e. The largest absolute Gasteiger partial charge is 0.340 e. The zero-order valence-corrected chi connectivity index (χ0v) is 13.0. The summed E-state index contributed by atoms with van der Waals surface area (Å²) in [7, 11) is 0.